The second-order valence-electron chi connectivity index (χ2n) is 7.08. The molecule has 31 heavy (non-hydrogen) atoms. The highest BCUT2D eigenvalue weighted by Crippen LogP contribution is 2.41. The molecular formula is C21H19F5N2O3. The maximum absolute atomic E-state index is 13.9. The van der Waals surface area contributed by atoms with E-state index in [-0.39, 0.29) is 18.7 Å². The van der Waals surface area contributed by atoms with Crippen LogP contribution in [0.2, 0.25) is 0 Å². The van der Waals surface area contributed by atoms with Crippen LogP contribution in [0.25, 0.3) is 0 Å². The van der Waals surface area contributed by atoms with Crippen molar-refractivity contribution in [2.75, 3.05) is 25.5 Å². The van der Waals surface area contributed by atoms with Crippen LogP contribution in [0.1, 0.15) is 24.0 Å². The zero-order chi connectivity index (χ0) is 22.9. The fourth-order valence-electron chi connectivity index (χ4n) is 3.58. The Morgan fingerprint density at radius 2 is 1.94 bits per heavy atom. The SMILES string of the molecule is CCOc1cc([C@@H]2CN(C)C(=O)[C@H]2C(=O)Nc2cccc(F)c2F)ccc1C(F)(F)F. The average Bonchev–Trinajstić information content (AvgIpc) is 2.99. The van der Waals surface area contributed by atoms with Crippen LogP contribution in [0.5, 0.6) is 5.75 Å². The zero-order valence-electron chi connectivity index (χ0n) is 16.6. The van der Waals surface area contributed by atoms with Gasteiger partial charge in [0.1, 0.15) is 11.7 Å². The van der Waals surface area contributed by atoms with E-state index in [9.17, 15) is 31.5 Å². The Bertz CT molecular complexity index is 1010. The van der Waals surface area contributed by atoms with Crippen LogP contribution in [0.4, 0.5) is 27.6 Å². The minimum absolute atomic E-state index is 0.0151. The molecule has 0 aromatic heterocycles. The third-order valence-electron chi connectivity index (χ3n) is 5.05. The first-order valence-corrected chi connectivity index (χ1v) is 9.38. The van der Waals surface area contributed by atoms with Crippen molar-refractivity contribution in [3.05, 3.63) is 59.2 Å². The number of anilines is 1. The number of halogens is 5. The number of likely N-dealkylation sites (N-methyl/N-ethyl adjacent to an activating group) is 1. The molecule has 0 saturated carbocycles. The number of carbonyl (C=O) groups is 2. The quantitative estimate of drug-likeness (QED) is 0.558. The van der Waals surface area contributed by atoms with Crippen molar-refractivity contribution >= 4 is 17.5 Å². The summed E-state index contributed by atoms with van der Waals surface area (Å²) in [5.74, 6) is -6.48. The molecule has 2 aromatic carbocycles. The molecule has 10 heteroatoms. The Labute approximate surface area is 174 Å². The summed E-state index contributed by atoms with van der Waals surface area (Å²) in [5, 5.41) is 2.21. The summed E-state index contributed by atoms with van der Waals surface area (Å²) in [7, 11) is 1.44. The number of ether oxygens (including phenoxy) is 1. The predicted octanol–water partition coefficient (Wildman–Crippen LogP) is 4.19. The second-order valence-corrected chi connectivity index (χ2v) is 7.08. The number of nitrogens with zero attached hydrogens (tertiary/aromatic N) is 1. The van der Waals surface area contributed by atoms with E-state index in [4.69, 9.17) is 4.74 Å². The highest BCUT2D eigenvalue weighted by atomic mass is 19.4. The topological polar surface area (TPSA) is 58.6 Å². The van der Waals surface area contributed by atoms with Crippen molar-refractivity contribution in [3.8, 4) is 5.75 Å². The molecule has 2 atom stereocenters. The standard InChI is InChI=1S/C21H19F5N2O3/c1-3-31-16-9-11(7-8-13(16)21(24,25)26)12-10-28(2)20(30)17(12)19(29)27-15-6-4-5-14(22)18(15)23/h4-9,12,17H,3,10H2,1-2H3,(H,27,29)/t12-,17+/m0/s1. The van der Waals surface area contributed by atoms with Crippen molar-refractivity contribution in [1.29, 1.82) is 0 Å². The van der Waals surface area contributed by atoms with Gasteiger partial charge in [0.05, 0.1) is 17.9 Å². The van der Waals surface area contributed by atoms with Gasteiger partial charge in [-0.3, -0.25) is 9.59 Å². The highest BCUT2D eigenvalue weighted by Gasteiger charge is 2.45. The fraction of sp³-hybridized carbons (Fsp3) is 0.333. The van der Waals surface area contributed by atoms with E-state index >= 15 is 0 Å². The van der Waals surface area contributed by atoms with Crippen LogP contribution in [0.3, 0.4) is 0 Å². The summed E-state index contributed by atoms with van der Waals surface area (Å²) in [4.78, 5) is 26.7. The first kappa shape index (κ1) is 22.5. The zero-order valence-corrected chi connectivity index (χ0v) is 16.6. The van der Waals surface area contributed by atoms with E-state index in [1.54, 1.807) is 0 Å². The van der Waals surface area contributed by atoms with Gasteiger partial charge < -0.3 is 15.0 Å². The van der Waals surface area contributed by atoms with Crippen LogP contribution < -0.4 is 10.1 Å². The maximum Gasteiger partial charge on any atom is 0.419 e. The Balaban J connectivity index is 1.96. The maximum atomic E-state index is 13.9. The van der Waals surface area contributed by atoms with E-state index in [1.165, 1.54) is 31.0 Å². The number of nitrogens with one attached hydrogen (secondary N) is 1. The lowest BCUT2D eigenvalue weighted by atomic mass is 9.87. The average molecular weight is 442 g/mol. The van der Waals surface area contributed by atoms with Gasteiger partial charge in [-0.2, -0.15) is 13.2 Å². The molecule has 1 aliphatic heterocycles. The van der Waals surface area contributed by atoms with Crippen LogP contribution in [0.15, 0.2) is 36.4 Å². The smallest absolute Gasteiger partial charge is 0.419 e. The number of likely N-dealkylation sites (tertiary alicyclic amines) is 1. The molecular weight excluding hydrogens is 423 g/mol. The number of alkyl halides is 3. The number of hydrogen-bond donors (Lipinski definition) is 1. The number of carbonyl (C=O) groups excluding carboxylic acids is 2. The number of benzene rings is 2. The molecule has 166 valence electrons. The van der Waals surface area contributed by atoms with Crippen molar-refractivity contribution in [2.24, 2.45) is 5.92 Å². The van der Waals surface area contributed by atoms with E-state index in [0.29, 0.717) is 0 Å². The number of rotatable bonds is 5. The van der Waals surface area contributed by atoms with Gasteiger partial charge in [0.15, 0.2) is 11.6 Å². The summed E-state index contributed by atoms with van der Waals surface area (Å²) < 4.78 is 72.2. The molecule has 1 N–H and O–H groups in total. The minimum atomic E-state index is -4.64. The molecule has 0 aliphatic carbocycles. The first-order chi connectivity index (χ1) is 14.5. The summed E-state index contributed by atoms with van der Waals surface area (Å²) in [6, 6.07) is 6.39. The predicted molar refractivity (Wildman–Crippen MR) is 101 cm³/mol. The fourth-order valence-corrected chi connectivity index (χ4v) is 3.58. The van der Waals surface area contributed by atoms with Gasteiger partial charge in [0.25, 0.3) is 0 Å². The van der Waals surface area contributed by atoms with E-state index in [2.05, 4.69) is 5.32 Å². The summed E-state index contributed by atoms with van der Waals surface area (Å²) >= 11 is 0. The van der Waals surface area contributed by atoms with Crippen LogP contribution >= 0.6 is 0 Å². The van der Waals surface area contributed by atoms with Gasteiger partial charge in [0, 0.05) is 19.5 Å². The Morgan fingerprint density at radius 1 is 1.23 bits per heavy atom. The molecule has 1 saturated heterocycles. The van der Waals surface area contributed by atoms with Crippen molar-refractivity contribution in [2.45, 2.75) is 19.0 Å². The minimum Gasteiger partial charge on any atom is -0.493 e. The summed E-state index contributed by atoms with van der Waals surface area (Å²) in [6.07, 6.45) is -4.64. The van der Waals surface area contributed by atoms with Crippen LogP contribution in [-0.4, -0.2) is 36.9 Å². The second kappa shape index (κ2) is 8.52. The van der Waals surface area contributed by atoms with Gasteiger partial charge in [-0.1, -0.05) is 12.1 Å². The third kappa shape index (κ3) is 4.47. The van der Waals surface area contributed by atoms with Crippen LogP contribution in [-0.2, 0) is 15.8 Å². The lowest BCUT2D eigenvalue weighted by Gasteiger charge is -2.20. The molecule has 1 fully saturated rings. The van der Waals surface area contributed by atoms with Crippen molar-refractivity contribution in [3.63, 3.8) is 0 Å². The largest absolute Gasteiger partial charge is 0.493 e. The summed E-state index contributed by atoms with van der Waals surface area (Å²) in [5.41, 5.74) is -1.12. The molecule has 2 amide bonds. The summed E-state index contributed by atoms with van der Waals surface area (Å²) in [6.45, 7) is 1.57. The van der Waals surface area contributed by atoms with Crippen molar-refractivity contribution < 1.29 is 36.3 Å². The van der Waals surface area contributed by atoms with Gasteiger partial charge in [-0.25, -0.2) is 8.78 Å². The van der Waals surface area contributed by atoms with E-state index in [0.717, 1.165) is 24.3 Å². The third-order valence-corrected chi connectivity index (χ3v) is 5.05. The number of hydrogen-bond acceptors (Lipinski definition) is 3. The van der Waals surface area contributed by atoms with Crippen molar-refractivity contribution in [1.82, 2.24) is 4.90 Å². The Morgan fingerprint density at radius 3 is 2.58 bits per heavy atom. The van der Waals surface area contributed by atoms with Gasteiger partial charge in [-0.15, -0.1) is 0 Å². The molecule has 2 aromatic rings. The monoisotopic (exact) mass is 442 g/mol. The van der Waals surface area contributed by atoms with Crippen LogP contribution in [0, 0.1) is 17.6 Å². The van der Waals surface area contributed by atoms with E-state index < -0.39 is 58.5 Å². The molecule has 5 nitrogen and oxygen atoms in total. The molecule has 1 heterocycles. The Kier molecular flexibility index (Phi) is 6.19. The van der Waals surface area contributed by atoms with Gasteiger partial charge >= 0.3 is 6.18 Å². The normalized spacial score (nSPS) is 18.9. The molecule has 0 spiro atoms. The van der Waals surface area contributed by atoms with Gasteiger partial charge in [0.2, 0.25) is 11.8 Å². The van der Waals surface area contributed by atoms with E-state index in [1.807, 2.05) is 0 Å². The molecule has 0 radical (unpaired) electrons. The molecule has 0 unspecified atom stereocenters. The first-order valence-electron chi connectivity index (χ1n) is 9.38. The molecule has 3 rings (SSSR count). The Hall–Kier alpha value is -3.17. The lowest BCUT2D eigenvalue weighted by molar-refractivity contribution is -0.139. The van der Waals surface area contributed by atoms with Gasteiger partial charge in [-0.05, 0) is 36.8 Å². The molecule has 0 bridgehead atoms. The molecule has 1 aliphatic rings. The highest BCUT2D eigenvalue weighted by molar-refractivity contribution is 6.08. The number of amides is 2. The lowest BCUT2D eigenvalue weighted by Crippen LogP contribution is -2.33.